The molecular weight excluding hydrogens is 382 g/mol. The van der Waals surface area contributed by atoms with E-state index < -0.39 is 0 Å². The number of aromatic nitrogens is 4. The van der Waals surface area contributed by atoms with E-state index in [0.29, 0.717) is 5.92 Å². The van der Waals surface area contributed by atoms with Gasteiger partial charge in [0.05, 0.1) is 12.5 Å². The van der Waals surface area contributed by atoms with Crippen LogP contribution in [0.4, 0.5) is 5.82 Å². The molecule has 0 aliphatic rings. The van der Waals surface area contributed by atoms with E-state index in [9.17, 15) is 0 Å². The van der Waals surface area contributed by atoms with Crippen LogP contribution in [-0.2, 0) is 13.5 Å². The highest BCUT2D eigenvalue weighted by Gasteiger charge is 2.20. The Bertz CT molecular complexity index is 877. The number of benzene rings is 1. The molecule has 132 valence electrons. The van der Waals surface area contributed by atoms with Gasteiger partial charge in [-0.25, -0.2) is 14.6 Å². The summed E-state index contributed by atoms with van der Waals surface area (Å²) in [5.41, 5.74) is 1.97. The second-order valence-corrected chi connectivity index (χ2v) is 7.10. The van der Waals surface area contributed by atoms with E-state index >= 15 is 0 Å². The molecule has 0 radical (unpaired) electrons. The van der Waals surface area contributed by atoms with Gasteiger partial charge < -0.3 is 10.1 Å². The Morgan fingerprint density at radius 3 is 2.72 bits per heavy atom. The average molecular weight is 404 g/mol. The lowest BCUT2D eigenvalue weighted by atomic mass is 9.95. The molecule has 1 N–H and O–H groups in total. The van der Waals surface area contributed by atoms with Gasteiger partial charge in [-0.3, -0.25) is 0 Å². The van der Waals surface area contributed by atoms with Gasteiger partial charge in [0.1, 0.15) is 22.5 Å². The maximum Gasteiger partial charge on any atom is 0.164 e. The summed E-state index contributed by atoms with van der Waals surface area (Å²) in [5, 5.41) is 8.87. The number of hydrogen-bond acceptors (Lipinski definition) is 5. The standard InChI is InChI=1S/C18H22BrN5O/c1-11(2)13(9-12-7-5-6-8-14(12)25-4)22-17-15-16(19)23-24(3)18(15)21-10-20-17/h5-8,10-11,13H,9H2,1-4H3,(H,20,21,22). The third-order valence-corrected chi connectivity index (χ3v) is 4.89. The summed E-state index contributed by atoms with van der Waals surface area (Å²) >= 11 is 3.51. The van der Waals surface area contributed by atoms with Crippen LogP contribution in [0.1, 0.15) is 19.4 Å². The van der Waals surface area contributed by atoms with Crippen LogP contribution in [-0.4, -0.2) is 32.9 Å². The number of anilines is 1. The number of methoxy groups -OCH3 is 1. The summed E-state index contributed by atoms with van der Waals surface area (Å²) in [4.78, 5) is 8.78. The van der Waals surface area contributed by atoms with Crippen molar-refractivity contribution < 1.29 is 4.74 Å². The van der Waals surface area contributed by atoms with Gasteiger partial charge >= 0.3 is 0 Å². The Balaban J connectivity index is 1.93. The van der Waals surface area contributed by atoms with Crippen molar-refractivity contribution in [2.45, 2.75) is 26.3 Å². The van der Waals surface area contributed by atoms with Crippen LogP contribution in [0.5, 0.6) is 5.75 Å². The summed E-state index contributed by atoms with van der Waals surface area (Å²) in [6.45, 7) is 4.40. The molecule has 3 rings (SSSR count). The molecule has 3 aromatic rings. The van der Waals surface area contributed by atoms with Gasteiger partial charge in [0.25, 0.3) is 0 Å². The van der Waals surface area contributed by atoms with E-state index in [1.165, 1.54) is 5.56 Å². The number of ether oxygens (including phenoxy) is 1. The van der Waals surface area contributed by atoms with E-state index in [0.717, 1.165) is 33.6 Å². The van der Waals surface area contributed by atoms with Crippen LogP contribution in [0.3, 0.4) is 0 Å². The van der Waals surface area contributed by atoms with Crippen molar-refractivity contribution >= 4 is 32.8 Å². The Kier molecular flexibility index (Phi) is 5.22. The van der Waals surface area contributed by atoms with Gasteiger partial charge in [0, 0.05) is 13.1 Å². The largest absolute Gasteiger partial charge is 0.496 e. The van der Waals surface area contributed by atoms with Gasteiger partial charge in [-0.15, -0.1) is 0 Å². The van der Waals surface area contributed by atoms with E-state index in [2.05, 4.69) is 56.2 Å². The fourth-order valence-corrected chi connectivity index (χ4v) is 3.49. The number of rotatable bonds is 6. The molecular formula is C18H22BrN5O. The molecule has 2 aromatic heterocycles. The van der Waals surface area contributed by atoms with Crippen LogP contribution in [0.25, 0.3) is 11.0 Å². The summed E-state index contributed by atoms with van der Waals surface area (Å²) < 4.78 is 7.98. The first-order valence-corrected chi connectivity index (χ1v) is 9.02. The molecule has 0 aliphatic carbocycles. The van der Waals surface area contributed by atoms with Crippen LogP contribution in [0.15, 0.2) is 35.2 Å². The summed E-state index contributed by atoms with van der Waals surface area (Å²) in [7, 11) is 3.58. The Labute approximate surface area is 155 Å². The Hall–Kier alpha value is -2.15. The minimum atomic E-state index is 0.196. The van der Waals surface area contributed by atoms with Crippen molar-refractivity contribution in [3.63, 3.8) is 0 Å². The minimum Gasteiger partial charge on any atom is -0.496 e. The molecule has 1 atom stereocenters. The van der Waals surface area contributed by atoms with Crippen molar-refractivity contribution in [2.75, 3.05) is 12.4 Å². The Morgan fingerprint density at radius 2 is 2.00 bits per heavy atom. The second kappa shape index (κ2) is 7.39. The average Bonchev–Trinajstić information content (AvgIpc) is 2.90. The maximum atomic E-state index is 5.49. The zero-order valence-corrected chi connectivity index (χ0v) is 16.4. The summed E-state index contributed by atoms with van der Waals surface area (Å²) in [6.07, 6.45) is 2.41. The Morgan fingerprint density at radius 1 is 1.24 bits per heavy atom. The fraction of sp³-hybridized carbons (Fsp3) is 0.389. The highest BCUT2D eigenvalue weighted by molar-refractivity contribution is 9.10. The van der Waals surface area contributed by atoms with Gasteiger partial charge in [-0.05, 0) is 39.9 Å². The number of fused-ring (bicyclic) bond motifs is 1. The van der Waals surface area contributed by atoms with Crippen molar-refractivity contribution in [3.05, 3.63) is 40.8 Å². The lowest BCUT2D eigenvalue weighted by Gasteiger charge is -2.24. The zero-order chi connectivity index (χ0) is 18.0. The molecule has 0 saturated carbocycles. The predicted molar refractivity (Wildman–Crippen MR) is 103 cm³/mol. The topological polar surface area (TPSA) is 64.9 Å². The maximum absolute atomic E-state index is 5.49. The van der Waals surface area contributed by atoms with E-state index in [4.69, 9.17) is 4.74 Å². The van der Waals surface area contributed by atoms with Crippen LogP contribution >= 0.6 is 15.9 Å². The van der Waals surface area contributed by atoms with Crippen LogP contribution in [0, 0.1) is 5.92 Å². The highest BCUT2D eigenvalue weighted by Crippen LogP contribution is 2.29. The van der Waals surface area contributed by atoms with Crippen molar-refractivity contribution in [3.8, 4) is 5.75 Å². The molecule has 0 aliphatic heterocycles. The number of halogens is 1. The number of nitrogens with zero attached hydrogens (tertiary/aromatic N) is 4. The monoisotopic (exact) mass is 403 g/mol. The molecule has 1 unspecified atom stereocenters. The molecule has 1 aromatic carbocycles. The summed E-state index contributed by atoms with van der Waals surface area (Å²) in [6, 6.07) is 8.32. The molecule has 25 heavy (non-hydrogen) atoms. The molecule has 0 spiro atoms. The number of aryl methyl sites for hydroxylation is 1. The van der Waals surface area contributed by atoms with Gasteiger partial charge in [-0.1, -0.05) is 32.0 Å². The van der Waals surface area contributed by atoms with E-state index in [-0.39, 0.29) is 6.04 Å². The number of para-hydroxylation sites is 1. The molecule has 0 bridgehead atoms. The van der Waals surface area contributed by atoms with Gasteiger partial charge in [0.15, 0.2) is 5.65 Å². The van der Waals surface area contributed by atoms with Crippen molar-refractivity contribution in [1.82, 2.24) is 19.7 Å². The SMILES string of the molecule is COc1ccccc1CC(Nc1ncnc2c1c(Br)nn2C)C(C)C. The predicted octanol–water partition coefficient (Wildman–Crippen LogP) is 3.81. The zero-order valence-electron chi connectivity index (χ0n) is 14.8. The fourth-order valence-electron chi connectivity index (χ4n) is 2.89. The van der Waals surface area contributed by atoms with E-state index in [1.807, 2.05) is 25.2 Å². The van der Waals surface area contributed by atoms with Gasteiger partial charge in [-0.2, -0.15) is 5.10 Å². The van der Waals surface area contributed by atoms with Crippen LogP contribution in [0.2, 0.25) is 0 Å². The first kappa shape index (κ1) is 17.7. The summed E-state index contributed by atoms with van der Waals surface area (Å²) in [5.74, 6) is 2.11. The third kappa shape index (κ3) is 3.61. The number of nitrogens with one attached hydrogen (secondary N) is 1. The first-order valence-electron chi connectivity index (χ1n) is 8.23. The van der Waals surface area contributed by atoms with Gasteiger partial charge in [0.2, 0.25) is 0 Å². The molecule has 0 saturated heterocycles. The second-order valence-electron chi connectivity index (χ2n) is 6.35. The lowest BCUT2D eigenvalue weighted by molar-refractivity contribution is 0.405. The highest BCUT2D eigenvalue weighted by atomic mass is 79.9. The molecule has 0 fully saturated rings. The molecule has 7 heteroatoms. The molecule has 6 nitrogen and oxygen atoms in total. The minimum absolute atomic E-state index is 0.196. The van der Waals surface area contributed by atoms with Crippen molar-refractivity contribution in [1.29, 1.82) is 0 Å². The lowest BCUT2D eigenvalue weighted by Crippen LogP contribution is -2.29. The van der Waals surface area contributed by atoms with E-state index in [1.54, 1.807) is 18.1 Å². The van der Waals surface area contributed by atoms with Crippen molar-refractivity contribution in [2.24, 2.45) is 13.0 Å². The third-order valence-electron chi connectivity index (χ3n) is 4.34. The smallest absolute Gasteiger partial charge is 0.164 e. The molecule has 2 heterocycles. The molecule has 0 amide bonds. The normalized spacial score (nSPS) is 12.6. The first-order chi connectivity index (χ1) is 12.0. The van der Waals surface area contributed by atoms with Crippen LogP contribution < -0.4 is 10.1 Å². The quantitative estimate of drug-likeness (QED) is 0.677. The number of hydrogen-bond donors (Lipinski definition) is 1.